The van der Waals surface area contributed by atoms with Gasteiger partial charge in [0.05, 0.1) is 0 Å². The topological polar surface area (TPSA) is 38.0 Å². The van der Waals surface area contributed by atoms with Gasteiger partial charge in [-0.1, -0.05) is 30.3 Å². The highest BCUT2D eigenvalue weighted by Gasteiger charge is 1.92. The Morgan fingerprint density at radius 1 is 1.15 bits per heavy atom. The van der Waals surface area contributed by atoms with Gasteiger partial charge in [0.15, 0.2) is 0 Å². The third kappa shape index (κ3) is 4.65. The minimum Gasteiger partial charge on any atom is -0.330 e. The summed E-state index contributed by atoms with van der Waals surface area (Å²) in [6.45, 7) is 3.24. The summed E-state index contributed by atoms with van der Waals surface area (Å²) in [4.78, 5) is 0. The summed E-state index contributed by atoms with van der Waals surface area (Å²) in [6, 6.07) is 10.3. The van der Waals surface area contributed by atoms with Gasteiger partial charge in [0.1, 0.15) is 0 Å². The fourth-order valence-corrected chi connectivity index (χ4v) is 0.988. The van der Waals surface area contributed by atoms with E-state index in [1.54, 1.807) is 0 Å². The molecular formula is C11H18N2. The van der Waals surface area contributed by atoms with Gasteiger partial charge in [-0.15, -0.1) is 0 Å². The molecule has 1 heterocycles. The molecule has 72 valence electrons. The molecule has 0 aliphatic carbocycles. The van der Waals surface area contributed by atoms with Gasteiger partial charge in [-0.25, -0.2) is 0 Å². The van der Waals surface area contributed by atoms with Crippen molar-refractivity contribution in [1.82, 2.24) is 5.32 Å². The zero-order valence-corrected chi connectivity index (χ0v) is 8.00. The third-order valence-corrected chi connectivity index (χ3v) is 1.98. The number of rotatable bonds is 2. The molecule has 0 unspecified atom stereocenters. The highest BCUT2D eigenvalue weighted by Crippen LogP contribution is 1.96. The Hall–Kier alpha value is -0.860. The first kappa shape index (κ1) is 10.2. The molecule has 0 aromatic heterocycles. The molecule has 1 saturated heterocycles. The lowest BCUT2D eigenvalue weighted by atomic mass is 10.2. The Labute approximate surface area is 80.1 Å². The van der Waals surface area contributed by atoms with Crippen molar-refractivity contribution in [3.8, 4) is 0 Å². The predicted octanol–water partition coefficient (Wildman–Crippen LogP) is 1.17. The Kier molecular flexibility index (Phi) is 5.22. The van der Waals surface area contributed by atoms with Crippen molar-refractivity contribution in [2.75, 3.05) is 19.6 Å². The lowest BCUT2D eigenvalue weighted by Gasteiger charge is -2.09. The van der Waals surface area contributed by atoms with E-state index in [4.69, 9.17) is 5.73 Å². The summed E-state index contributed by atoms with van der Waals surface area (Å²) in [5.41, 5.74) is 6.68. The molecule has 2 nitrogen and oxygen atoms in total. The van der Waals surface area contributed by atoms with E-state index in [0.29, 0.717) is 0 Å². The first-order chi connectivity index (χ1) is 6.43. The van der Waals surface area contributed by atoms with Crippen molar-refractivity contribution in [1.29, 1.82) is 0 Å². The first-order valence-electron chi connectivity index (χ1n) is 4.88. The fourth-order valence-electron chi connectivity index (χ4n) is 0.988. The number of nitrogens with two attached hydrogens (primary N) is 1. The third-order valence-electron chi connectivity index (χ3n) is 1.98. The highest BCUT2D eigenvalue weighted by atomic mass is 14.9. The number of benzene rings is 1. The van der Waals surface area contributed by atoms with Crippen LogP contribution in [0.2, 0.25) is 0 Å². The van der Waals surface area contributed by atoms with E-state index in [1.165, 1.54) is 25.1 Å². The fraction of sp³-hybridized carbons (Fsp3) is 0.455. The first-order valence-corrected chi connectivity index (χ1v) is 4.88. The molecule has 0 saturated carbocycles. The summed E-state index contributed by atoms with van der Waals surface area (Å²) in [5, 5.41) is 3.11. The molecule has 0 bridgehead atoms. The van der Waals surface area contributed by atoms with Crippen LogP contribution in [0.1, 0.15) is 12.0 Å². The molecule has 2 rings (SSSR count). The zero-order valence-electron chi connectivity index (χ0n) is 8.00. The molecule has 1 aliphatic heterocycles. The maximum absolute atomic E-state index is 5.36. The largest absolute Gasteiger partial charge is 0.330 e. The number of hydrogen-bond donors (Lipinski definition) is 2. The SMILES string of the molecule is C1CNC1.NCCc1ccccc1. The van der Waals surface area contributed by atoms with Crippen LogP contribution in [-0.4, -0.2) is 19.6 Å². The van der Waals surface area contributed by atoms with Gasteiger partial charge in [-0.2, -0.15) is 0 Å². The van der Waals surface area contributed by atoms with Crippen molar-refractivity contribution < 1.29 is 0 Å². The van der Waals surface area contributed by atoms with E-state index in [9.17, 15) is 0 Å². The van der Waals surface area contributed by atoms with Crippen LogP contribution >= 0.6 is 0 Å². The number of hydrogen-bond acceptors (Lipinski definition) is 2. The summed E-state index contributed by atoms with van der Waals surface area (Å²) >= 11 is 0. The van der Waals surface area contributed by atoms with E-state index in [1.807, 2.05) is 18.2 Å². The minimum absolute atomic E-state index is 0.740. The van der Waals surface area contributed by atoms with Crippen LogP contribution in [0.4, 0.5) is 0 Å². The van der Waals surface area contributed by atoms with Gasteiger partial charge >= 0.3 is 0 Å². The zero-order chi connectivity index (χ0) is 9.36. The summed E-state index contributed by atoms with van der Waals surface area (Å²) in [6.07, 6.45) is 2.38. The quantitative estimate of drug-likeness (QED) is 0.713. The van der Waals surface area contributed by atoms with Crippen molar-refractivity contribution in [2.45, 2.75) is 12.8 Å². The molecule has 3 N–H and O–H groups in total. The lowest BCUT2D eigenvalue weighted by molar-refractivity contribution is 0.527. The number of nitrogens with one attached hydrogen (secondary N) is 1. The van der Waals surface area contributed by atoms with E-state index in [-0.39, 0.29) is 0 Å². The van der Waals surface area contributed by atoms with E-state index in [0.717, 1.165) is 13.0 Å². The Morgan fingerprint density at radius 2 is 1.69 bits per heavy atom. The Morgan fingerprint density at radius 3 is 2.08 bits per heavy atom. The molecule has 0 radical (unpaired) electrons. The molecule has 13 heavy (non-hydrogen) atoms. The van der Waals surface area contributed by atoms with Crippen molar-refractivity contribution in [3.63, 3.8) is 0 Å². The molecular weight excluding hydrogens is 160 g/mol. The van der Waals surface area contributed by atoms with Crippen LogP contribution in [0.5, 0.6) is 0 Å². The average Bonchev–Trinajstić information content (AvgIpc) is 2.03. The molecule has 1 fully saturated rings. The maximum atomic E-state index is 5.36. The van der Waals surface area contributed by atoms with Crippen LogP contribution in [0.15, 0.2) is 30.3 Å². The molecule has 1 aromatic rings. The summed E-state index contributed by atoms with van der Waals surface area (Å²) < 4.78 is 0. The van der Waals surface area contributed by atoms with Gasteiger partial charge in [0, 0.05) is 0 Å². The minimum atomic E-state index is 0.740. The second-order valence-corrected chi connectivity index (χ2v) is 3.13. The Balaban J connectivity index is 0.000000175. The van der Waals surface area contributed by atoms with Crippen LogP contribution in [0.25, 0.3) is 0 Å². The molecule has 1 aromatic carbocycles. The van der Waals surface area contributed by atoms with Gasteiger partial charge in [0.25, 0.3) is 0 Å². The smallest absolute Gasteiger partial charge is 0.00367 e. The van der Waals surface area contributed by atoms with Gasteiger partial charge in [0.2, 0.25) is 0 Å². The molecule has 0 spiro atoms. The van der Waals surface area contributed by atoms with Crippen LogP contribution in [0, 0.1) is 0 Å². The van der Waals surface area contributed by atoms with Crippen LogP contribution < -0.4 is 11.1 Å². The van der Waals surface area contributed by atoms with Crippen LogP contribution in [-0.2, 0) is 6.42 Å². The predicted molar refractivity (Wildman–Crippen MR) is 56.7 cm³/mol. The van der Waals surface area contributed by atoms with E-state index < -0.39 is 0 Å². The van der Waals surface area contributed by atoms with Crippen molar-refractivity contribution in [2.24, 2.45) is 5.73 Å². The van der Waals surface area contributed by atoms with Gasteiger partial charge in [-0.3, -0.25) is 0 Å². The van der Waals surface area contributed by atoms with E-state index >= 15 is 0 Å². The maximum Gasteiger partial charge on any atom is -0.00367 e. The second kappa shape index (κ2) is 6.63. The van der Waals surface area contributed by atoms with Crippen molar-refractivity contribution >= 4 is 0 Å². The average molecular weight is 178 g/mol. The summed E-state index contributed by atoms with van der Waals surface area (Å²) in [5.74, 6) is 0. The monoisotopic (exact) mass is 178 g/mol. The molecule has 0 amide bonds. The second-order valence-electron chi connectivity index (χ2n) is 3.13. The molecule has 1 aliphatic rings. The van der Waals surface area contributed by atoms with Crippen molar-refractivity contribution in [3.05, 3.63) is 35.9 Å². The lowest BCUT2D eigenvalue weighted by Crippen LogP contribution is -2.29. The molecule has 2 heteroatoms. The summed E-state index contributed by atoms with van der Waals surface area (Å²) in [7, 11) is 0. The highest BCUT2D eigenvalue weighted by molar-refractivity contribution is 5.14. The molecule has 0 atom stereocenters. The normalized spacial score (nSPS) is 13.9. The van der Waals surface area contributed by atoms with Crippen LogP contribution in [0.3, 0.4) is 0 Å². The van der Waals surface area contributed by atoms with E-state index in [2.05, 4.69) is 17.4 Å². The Bertz CT molecular complexity index is 201. The standard InChI is InChI=1S/C8H11N.C3H7N/c9-7-6-8-4-2-1-3-5-8;1-2-4-3-1/h1-5H,6-7,9H2;4H,1-3H2. The van der Waals surface area contributed by atoms with Gasteiger partial charge < -0.3 is 11.1 Å². The van der Waals surface area contributed by atoms with Gasteiger partial charge in [-0.05, 0) is 38.0 Å².